The molecule has 0 radical (unpaired) electrons. The summed E-state index contributed by atoms with van der Waals surface area (Å²) < 4.78 is 0. The van der Waals surface area contributed by atoms with Crippen LogP contribution in [0.15, 0.2) is 0 Å². The number of hydrogen-bond acceptors (Lipinski definition) is 3. The third-order valence-electron chi connectivity index (χ3n) is 4.06. The van der Waals surface area contributed by atoms with Crippen molar-refractivity contribution in [2.75, 3.05) is 6.54 Å². The molecule has 0 spiro atoms. The number of carbonyl (C=O) groups is 1. The Hall–Kier alpha value is -0.610. The third-order valence-corrected chi connectivity index (χ3v) is 4.06. The summed E-state index contributed by atoms with van der Waals surface area (Å²) in [6, 6.07) is 0.798. The molecule has 0 unspecified atom stereocenters. The Kier molecular flexibility index (Phi) is 3.97. The Bertz CT molecular complexity index is 303. The summed E-state index contributed by atoms with van der Waals surface area (Å²) in [5.41, 5.74) is 5.97. The average Bonchev–Trinajstić information content (AvgIpc) is 2.59. The highest BCUT2D eigenvalue weighted by molar-refractivity contribution is 5.84. The van der Waals surface area contributed by atoms with Gasteiger partial charge in [-0.2, -0.15) is 0 Å². The van der Waals surface area contributed by atoms with Crippen LogP contribution in [-0.4, -0.2) is 41.0 Å². The molecule has 0 aromatic heterocycles. The van der Waals surface area contributed by atoms with Crippen molar-refractivity contribution in [3.63, 3.8) is 0 Å². The second-order valence-electron chi connectivity index (χ2n) is 6.83. The Morgan fingerprint density at radius 2 is 1.78 bits per heavy atom. The predicted octanol–water partition coefficient (Wildman–Crippen LogP) is 1.25. The minimum absolute atomic E-state index is 0.169. The molecule has 1 heterocycles. The first-order chi connectivity index (χ1) is 8.37. The molecule has 1 amide bonds. The minimum Gasteiger partial charge on any atom is -0.338 e. The highest BCUT2D eigenvalue weighted by Crippen LogP contribution is 2.27. The summed E-state index contributed by atoms with van der Waals surface area (Å²) in [5, 5.41) is 3.66. The van der Waals surface area contributed by atoms with Crippen molar-refractivity contribution < 1.29 is 4.79 Å². The van der Waals surface area contributed by atoms with Crippen molar-refractivity contribution in [3.8, 4) is 0 Å². The van der Waals surface area contributed by atoms with Crippen LogP contribution in [0.3, 0.4) is 0 Å². The van der Waals surface area contributed by atoms with Gasteiger partial charge in [-0.1, -0.05) is 0 Å². The summed E-state index contributed by atoms with van der Waals surface area (Å²) in [4.78, 5) is 13.9. The van der Waals surface area contributed by atoms with Gasteiger partial charge in [0.25, 0.3) is 0 Å². The lowest BCUT2D eigenvalue weighted by atomic mass is 9.89. The van der Waals surface area contributed by atoms with Crippen molar-refractivity contribution in [2.45, 2.75) is 76.5 Å². The van der Waals surface area contributed by atoms with Crippen molar-refractivity contribution in [1.82, 2.24) is 10.2 Å². The predicted molar refractivity (Wildman–Crippen MR) is 73.2 cm³/mol. The lowest BCUT2D eigenvalue weighted by Crippen LogP contribution is -2.49. The molecule has 2 fully saturated rings. The van der Waals surface area contributed by atoms with Crippen LogP contribution >= 0.6 is 0 Å². The van der Waals surface area contributed by atoms with E-state index in [0.717, 1.165) is 25.8 Å². The average molecular weight is 253 g/mol. The Labute approximate surface area is 110 Å². The standard InChI is InChI=1S/C14H27N3O/c1-14(2,3)16-10-4-6-11(7-5-10)17-9-8-12(15)13(17)18/h10-12,16H,4-9,15H2,1-3H3/t10?,11?,12-/m0/s1. The molecule has 1 atom stereocenters. The monoisotopic (exact) mass is 253 g/mol. The van der Waals surface area contributed by atoms with Gasteiger partial charge < -0.3 is 16.0 Å². The molecule has 4 heteroatoms. The SMILES string of the molecule is CC(C)(C)NC1CCC(N2CC[C@H](N)C2=O)CC1. The van der Waals surface area contributed by atoms with E-state index in [1.165, 1.54) is 12.8 Å². The zero-order chi connectivity index (χ0) is 13.3. The van der Waals surface area contributed by atoms with Gasteiger partial charge in [-0.15, -0.1) is 0 Å². The molecule has 1 saturated heterocycles. The molecule has 1 aliphatic carbocycles. The van der Waals surface area contributed by atoms with E-state index in [4.69, 9.17) is 5.73 Å². The van der Waals surface area contributed by atoms with E-state index in [2.05, 4.69) is 26.1 Å². The number of nitrogens with two attached hydrogens (primary N) is 1. The summed E-state index contributed by atoms with van der Waals surface area (Å²) in [5.74, 6) is 0.169. The van der Waals surface area contributed by atoms with Gasteiger partial charge in [0.1, 0.15) is 0 Å². The second-order valence-corrected chi connectivity index (χ2v) is 6.83. The fraction of sp³-hybridized carbons (Fsp3) is 0.929. The normalized spacial score (nSPS) is 34.1. The fourth-order valence-electron chi connectivity index (χ4n) is 3.23. The molecule has 1 saturated carbocycles. The van der Waals surface area contributed by atoms with E-state index < -0.39 is 0 Å². The Morgan fingerprint density at radius 3 is 2.22 bits per heavy atom. The number of rotatable bonds is 2. The van der Waals surface area contributed by atoms with Gasteiger partial charge in [0.05, 0.1) is 6.04 Å². The molecule has 2 aliphatic rings. The second kappa shape index (κ2) is 5.17. The number of amides is 1. The first-order valence-electron chi connectivity index (χ1n) is 7.20. The van der Waals surface area contributed by atoms with E-state index in [-0.39, 0.29) is 17.5 Å². The molecule has 104 valence electrons. The molecule has 0 aromatic rings. The number of nitrogens with zero attached hydrogens (tertiary/aromatic N) is 1. The van der Waals surface area contributed by atoms with Gasteiger partial charge >= 0.3 is 0 Å². The molecule has 3 N–H and O–H groups in total. The number of likely N-dealkylation sites (tertiary alicyclic amines) is 1. The first kappa shape index (κ1) is 13.8. The smallest absolute Gasteiger partial charge is 0.239 e. The van der Waals surface area contributed by atoms with Gasteiger partial charge in [-0.05, 0) is 52.9 Å². The molecular formula is C14H27N3O. The van der Waals surface area contributed by atoms with Crippen LogP contribution in [0.5, 0.6) is 0 Å². The third kappa shape index (κ3) is 3.23. The molecular weight excluding hydrogens is 226 g/mol. The van der Waals surface area contributed by atoms with E-state index >= 15 is 0 Å². The number of hydrogen-bond donors (Lipinski definition) is 2. The fourth-order valence-corrected chi connectivity index (χ4v) is 3.23. The van der Waals surface area contributed by atoms with Crippen molar-refractivity contribution >= 4 is 5.91 Å². The van der Waals surface area contributed by atoms with Crippen LogP contribution in [0.25, 0.3) is 0 Å². The highest BCUT2D eigenvalue weighted by atomic mass is 16.2. The quantitative estimate of drug-likeness (QED) is 0.778. The Morgan fingerprint density at radius 1 is 1.17 bits per heavy atom. The zero-order valence-electron chi connectivity index (χ0n) is 11.9. The molecule has 4 nitrogen and oxygen atoms in total. The van der Waals surface area contributed by atoms with Gasteiger partial charge in [0, 0.05) is 24.2 Å². The lowest BCUT2D eigenvalue weighted by molar-refractivity contribution is -0.131. The maximum Gasteiger partial charge on any atom is 0.239 e. The van der Waals surface area contributed by atoms with Crippen LogP contribution < -0.4 is 11.1 Å². The van der Waals surface area contributed by atoms with Crippen LogP contribution in [0.2, 0.25) is 0 Å². The van der Waals surface area contributed by atoms with Crippen LogP contribution in [0, 0.1) is 0 Å². The number of carbonyl (C=O) groups excluding carboxylic acids is 1. The van der Waals surface area contributed by atoms with Crippen LogP contribution in [-0.2, 0) is 4.79 Å². The highest BCUT2D eigenvalue weighted by Gasteiger charge is 2.35. The van der Waals surface area contributed by atoms with Gasteiger partial charge in [0.15, 0.2) is 0 Å². The lowest BCUT2D eigenvalue weighted by Gasteiger charge is -2.37. The van der Waals surface area contributed by atoms with E-state index in [1.807, 2.05) is 4.90 Å². The van der Waals surface area contributed by atoms with Crippen molar-refractivity contribution in [1.29, 1.82) is 0 Å². The summed E-state index contributed by atoms with van der Waals surface area (Å²) >= 11 is 0. The molecule has 1 aliphatic heterocycles. The van der Waals surface area contributed by atoms with Crippen molar-refractivity contribution in [2.24, 2.45) is 5.73 Å². The largest absolute Gasteiger partial charge is 0.338 e. The van der Waals surface area contributed by atoms with Crippen LogP contribution in [0.1, 0.15) is 52.9 Å². The van der Waals surface area contributed by atoms with Crippen LogP contribution in [0.4, 0.5) is 0 Å². The minimum atomic E-state index is -0.240. The first-order valence-corrected chi connectivity index (χ1v) is 7.20. The maximum absolute atomic E-state index is 11.9. The topological polar surface area (TPSA) is 58.4 Å². The summed E-state index contributed by atoms with van der Waals surface area (Å²) in [6.07, 6.45) is 5.40. The molecule has 0 bridgehead atoms. The maximum atomic E-state index is 11.9. The van der Waals surface area contributed by atoms with E-state index in [9.17, 15) is 4.79 Å². The van der Waals surface area contributed by atoms with E-state index in [1.54, 1.807) is 0 Å². The Balaban J connectivity index is 1.82. The molecule has 2 rings (SSSR count). The summed E-state index contributed by atoms with van der Waals surface area (Å²) in [6.45, 7) is 7.49. The number of nitrogens with one attached hydrogen (secondary N) is 1. The molecule has 18 heavy (non-hydrogen) atoms. The summed E-state index contributed by atoms with van der Waals surface area (Å²) in [7, 11) is 0. The van der Waals surface area contributed by atoms with Gasteiger partial charge in [-0.3, -0.25) is 4.79 Å². The van der Waals surface area contributed by atoms with E-state index in [0.29, 0.717) is 12.1 Å². The van der Waals surface area contributed by atoms with Gasteiger partial charge in [0.2, 0.25) is 5.91 Å². The molecule has 0 aromatic carbocycles. The zero-order valence-corrected chi connectivity index (χ0v) is 11.9. The van der Waals surface area contributed by atoms with Crippen molar-refractivity contribution in [3.05, 3.63) is 0 Å². The van der Waals surface area contributed by atoms with Gasteiger partial charge in [-0.25, -0.2) is 0 Å².